The van der Waals surface area contributed by atoms with Gasteiger partial charge in [-0.3, -0.25) is 0 Å². The second-order valence-electron chi connectivity index (χ2n) is 4.77. The quantitative estimate of drug-likeness (QED) is 0.587. The standard InChI is InChI=1S/C17H14FIN2O2/c1-22-16-10-17(23-2)13(19)9-11(16)14-7-8-20-21(14)15-6-4-3-5-12(15)18/h3-10H,1-2H3. The molecular formula is C17H14FIN2O2. The molecular weight excluding hydrogens is 410 g/mol. The first kappa shape index (κ1) is 15.8. The molecule has 0 unspecified atom stereocenters. The fraction of sp³-hybridized carbons (Fsp3) is 0.118. The van der Waals surface area contributed by atoms with Gasteiger partial charge >= 0.3 is 0 Å². The maximum Gasteiger partial charge on any atom is 0.148 e. The van der Waals surface area contributed by atoms with E-state index >= 15 is 0 Å². The Hall–Kier alpha value is -2.09. The van der Waals surface area contributed by atoms with Gasteiger partial charge in [0, 0.05) is 11.6 Å². The van der Waals surface area contributed by atoms with Gasteiger partial charge in [-0.05, 0) is 46.9 Å². The van der Waals surface area contributed by atoms with E-state index in [2.05, 4.69) is 27.7 Å². The molecule has 0 amide bonds. The Balaban J connectivity index is 2.20. The summed E-state index contributed by atoms with van der Waals surface area (Å²) in [6.07, 6.45) is 1.64. The number of para-hydroxylation sites is 1. The van der Waals surface area contributed by atoms with Crippen LogP contribution in [0.1, 0.15) is 0 Å². The zero-order valence-corrected chi connectivity index (χ0v) is 14.7. The minimum absolute atomic E-state index is 0.334. The van der Waals surface area contributed by atoms with Gasteiger partial charge in [0.25, 0.3) is 0 Å². The molecule has 4 nitrogen and oxygen atoms in total. The average molecular weight is 424 g/mol. The molecule has 0 radical (unpaired) electrons. The molecule has 6 heteroatoms. The van der Waals surface area contributed by atoms with Gasteiger partial charge in [0.15, 0.2) is 0 Å². The van der Waals surface area contributed by atoms with E-state index in [9.17, 15) is 4.39 Å². The summed E-state index contributed by atoms with van der Waals surface area (Å²) in [7, 11) is 3.20. The van der Waals surface area contributed by atoms with E-state index in [0.717, 1.165) is 20.6 Å². The third kappa shape index (κ3) is 2.90. The highest BCUT2D eigenvalue weighted by molar-refractivity contribution is 14.1. The predicted molar refractivity (Wildman–Crippen MR) is 94.8 cm³/mol. The Kier molecular flexibility index (Phi) is 4.51. The van der Waals surface area contributed by atoms with Crippen LogP contribution in [0.15, 0.2) is 48.7 Å². The average Bonchev–Trinajstić information content (AvgIpc) is 3.04. The summed E-state index contributed by atoms with van der Waals surface area (Å²) in [5, 5.41) is 4.26. The molecule has 1 heterocycles. The van der Waals surface area contributed by atoms with Crippen molar-refractivity contribution >= 4 is 22.6 Å². The van der Waals surface area contributed by atoms with Crippen LogP contribution >= 0.6 is 22.6 Å². The number of benzene rings is 2. The van der Waals surface area contributed by atoms with Crippen LogP contribution in [0.25, 0.3) is 16.9 Å². The van der Waals surface area contributed by atoms with Crippen molar-refractivity contribution in [3.05, 3.63) is 58.0 Å². The van der Waals surface area contributed by atoms with Gasteiger partial charge in [0.2, 0.25) is 0 Å². The van der Waals surface area contributed by atoms with Crippen LogP contribution in [0.3, 0.4) is 0 Å². The molecule has 0 aliphatic rings. The number of hydrogen-bond acceptors (Lipinski definition) is 3. The summed E-state index contributed by atoms with van der Waals surface area (Å²) in [4.78, 5) is 0. The number of halogens is 2. The normalized spacial score (nSPS) is 10.6. The van der Waals surface area contributed by atoms with Gasteiger partial charge in [-0.15, -0.1) is 0 Å². The highest BCUT2D eigenvalue weighted by Crippen LogP contribution is 2.37. The van der Waals surface area contributed by atoms with Crippen LogP contribution in [0.4, 0.5) is 4.39 Å². The molecule has 0 saturated heterocycles. The molecule has 3 rings (SSSR count). The summed E-state index contributed by atoms with van der Waals surface area (Å²) >= 11 is 2.19. The number of methoxy groups -OCH3 is 2. The van der Waals surface area contributed by atoms with Gasteiger partial charge in [0.05, 0.1) is 29.7 Å². The first-order chi connectivity index (χ1) is 11.2. The fourth-order valence-electron chi connectivity index (χ4n) is 2.38. The lowest BCUT2D eigenvalue weighted by molar-refractivity contribution is 0.393. The minimum atomic E-state index is -0.334. The molecule has 0 bridgehead atoms. The molecule has 23 heavy (non-hydrogen) atoms. The highest BCUT2D eigenvalue weighted by atomic mass is 127. The van der Waals surface area contributed by atoms with Crippen LogP contribution in [0.2, 0.25) is 0 Å². The summed E-state index contributed by atoms with van der Waals surface area (Å²) in [5.74, 6) is 1.03. The van der Waals surface area contributed by atoms with Crippen molar-refractivity contribution in [2.45, 2.75) is 0 Å². The van der Waals surface area contributed by atoms with E-state index in [-0.39, 0.29) is 5.82 Å². The molecule has 2 aromatic carbocycles. The smallest absolute Gasteiger partial charge is 0.148 e. The third-order valence-corrected chi connectivity index (χ3v) is 4.32. The summed E-state index contributed by atoms with van der Waals surface area (Å²) in [6.45, 7) is 0. The number of ether oxygens (including phenoxy) is 2. The van der Waals surface area contributed by atoms with Crippen molar-refractivity contribution in [2.75, 3.05) is 14.2 Å². The topological polar surface area (TPSA) is 36.3 Å². The van der Waals surface area contributed by atoms with Gasteiger partial charge < -0.3 is 9.47 Å². The molecule has 0 fully saturated rings. The van der Waals surface area contributed by atoms with Gasteiger partial charge in [-0.25, -0.2) is 9.07 Å². The van der Waals surface area contributed by atoms with E-state index in [1.54, 1.807) is 43.3 Å². The third-order valence-electron chi connectivity index (χ3n) is 3.47. The van der Waals surface area contributed by atoms with E-state index in [1.807, 2.05) is 18.2 Å². The van der Waals surface area contributed by atoms with Crippen LogP contribution in [-0.2, 0) is 0 Å². The maximum absolute atomic E-state index is 14.1. The largest absolute Gasteiger partial charge is 0.496 e. The zero-order chi connectivity index (χ0) is 16.4. The molecule has 0 aliphatic carbocycles. The Morgan fingerprint density at radius 2 is 1.78 bits per heavy atom. The Morgan fingerprint density at radius 3 is 2.48 bits per heavy atom. The number of nitrogens with zero attached hydrogens (tertiary/aromatic N) is 2. The van der Waals surface area contributed by atoms with E-state index < -0.39 is 0 Å². The fourth-order valence-corrected chi connectivity index (χ4v) is 3.07. The van der Waals surface area contributed by atoms with Crippen LogP contribution in [0.5, 0.6) is 11.5 Å². The van der Waals surface area contributed by atoms with Crippen LogP contribution in [-0.4, -0.2) is 24.0 Å². The monoisotopic (exact) mass is 424 g/mol. The molecule has 0 atom stereocenters. The van der Waals surface area contributed by atoms with Gasteiger partial charge in [0.1, 0.15) is 23.0 Å². The van der Waals surface area contributed by atoms with Crippen molar-refractivity contribution in [1.29, 1.82) is 0 Å². The van der Waals surface area contributed by atoms with E-state index in [0.29, 0.717) is 11.4 Å². The second kappa shape index (κ2) is 6.57. The molecule has 118 valence electrons. The molecule has 1 aromatic heterocycles. The van der Waals surface area contributed by atoms with E-state index in [4.69, 9.17) is 9.47 Å². The lowest BCUT2D eigenvalue weighted by Gasteiger charge is -2.14. The maximum atomic E-state index is 14.1. The summed E-state index contributed by atoms with van der Waals surface area (Å²) in [6, 6.07) is 12.1. The number of aromatic nitrogens is 2. The van der Waals surface area contributed by atoms with E-state index in [1.165, 1.54) is 6.07 Å². The minimum Gasteiger partial charge on any atom is -0.496 e. The Morgan fingerprint density at radius 1 is 1.04 bits per heavy atom. The highest BCUT2D eigenvalue weighted by Gasteiger charge is 2.17. The molecule has 0 N–H and O–H groups in total. The van der Waals surface area contributed by atoms with Crippen molar-refractivity contribution < 1.29 is 13.9 Å². The van der Waals surface area contributed by atoms with Crippen molar-refractivity contribution in [1.82, 2.24) is 9.78 Å². The van der Waals surface area contributed by atoms with Gasteiger partial charge in [-0.2, -0.15) is 5.10 Å². The number of rotatable bonds is 4. The molecule has 3 aromatic rings. The predicted octanol–water partition coefficient (Wildman–Crippen LogP) is 4.30. The zero-order valence-electron chi connectivity index (χ0n) is 12.6. The Bertz CT molecular complexity index is 848. The lowest BCUT2D eigenvalue weighted by atomic mass is 10.1. The van der Waals surface area contributed by atoms with Crippen LogP contribution in [0, 0.1) is 9.39 Å². The summed E-state index contributed by atoms with van der Waals surface area (Å²) in [5.41, 5.74) is 1.95. The van der Waals surface area contributed by atoms with Crippen molar-refractivity contribution in [3.8, 4) is 28.4 Å². The lowest BCUT2D eigenvalue weighted by Crippen LogP contribution is -2.03. The molecule has 0 saturated carbocycles. The SMILES string of the molecule is COc1cc(OC)c(-c2ccnn2-c2ccccc2F)cc1I. The van der Waals surface area contributed by atoms with Crippen molar-refractivity contribution in [3.63, 3.8) is 0 Å². The number of hydrogen-bond donors (Lipinski definition) is 0. The van der Waals surface area contributed by atoms with Crippen molar-refractivity contribution in [2.24, 2.45) is 0 Å². The first-order valence-corrected chi connectivity index (χ1v) is 7.94. The second-order valence-corrected chi connectivity index (χ2v) is 5.93. The molecule has 0 aliphatic heterocycles. The summed E-state index contributed by atoms with van der Waals surface area (Å²) < 4.78 is 27.4. The van der Waals surface area contributed by atoms with Crippen LogP contribution < -0.4 is 9.47 Å². The van der Waals surface area contributed by atoms with Gasteiger partial charge in [-0.1, -0.05) is 12.1 Å². The molecule has 0 spiro atoms. The first-order valence-electron chi connectivity index (χ1n) is 6.86. The Labute approximate surface area is 147 Å².